The van der Waals surface area contributed by atoms with Gasteiger partial charge in [-0.25, -0.2) is 5.43 Å². The summed E-state index contributed by atoms with van der Waals surface area (Å²) in [5.41, 5.74) is 5.35. The van der Waals surface area contributed by atoms with Gasteiger partial charge in [0.05, 0.1) is 6.21 Å². The Kier molecular flexibility index (Phi) is 3.69. The van der Waals surface area contributed by atoms with Crippen molar-refractivity contribution in [1.82, 2.24) is 15.6 Å². The van der Waals surface area contributed by atoms with E-state index in [1.807, 2.05) is 36.4 Å². The lowest BCUT2D eigenvalue weighted by Crippen LogP contribution is -2.48. The molecule has 1 heterocycles. The van der Waals surface area contributed by atoms with E-state index in [9.17, 15) is 4.79 Å². The third kappa shape index (κ3) is 2.75. The molecule has 6 rings (SSSR count). The van der Waals surface area contributed by atoms with Gasteiger partial charge in [-0.05, 0) is 67.9 Å². The van der Waals surface area contributed by atoms with Crippen LogP contribution in [0, 0.1) is 17.8 Å². The molecule has 1 aromatic heterocycles. The molecule has 0 aliphatic heterocycles. The Balaban J connectivity index is 1.29. The molecule has 0 radical (unpaired) electrons. The molecule has 2 aromatic rings. The average Bonchev–Trinajstić information content (AvgIpc) is 3.13. The van der Waals surface area contributed by atoms with Crippen molar-refractivity contribution in [3.8, 4) is 0 Å². The van der Waals surface area contributed by atoms with Gasteiger partial charge < -0.3 is 0 Å². The van der Waals surface area contributed by atoms with Gasteiger partial charge in [0, 0.05) is 11.1 Å². The highest BCUT2D eigenvalue weighted by molar-refractivity contribution is 5.93. The summed E-state index contributed by atoms with van der Waals surface area (Å²) in [5.74, 6) is 2.36. The predicted octanol–water partition coefficient (Wildman–Crippen LogP) is 3.64. The van der Waals surface area contributed by atoms with Gasteiger partial charge in [0.1, 0.15) is 0 Å². The molecule has 134 valence electrons. The van der Waals surface area contributed by atoms with Gasteiger partial charge >= 0.3 is 0 Å². The van der Waals surface area contributed by atoms with E-state index in [0.717, 1.165) is 29.0 Å². The highest BCUT2D eigenvalue weighted by Crippen LogP contribution is 2.60. The molecule has 4 fully saturated rings. The molecular weight excluding hydrogens is 324 g/mol. The Bertz CT molecular complexity index is 803. The summed E-state index contributed by atoms with van der Waals surface area (Å²) in [5, 5.41) is 11.5. The van der Waals surface area contributed by atoms with Crippen molar-refractivity contribution < 1.29 is 4.79 Å². The van der Waals surface area contributed by atoms with E-state index in [-0.39, 0.29) is 11.3 Å². The van der Waals surface area contributed by atoms with Crippen molar-refractivity contribution in [3.05, 3.63) is 53.3 Å². The van der Waals surface area contributed by atoms with Gasteiger partial charge in [0.2, 0.25) is 0 Å². The fraction of sp³-hybridized carbons (Fsp3) is 0.476. The number of benzene rings is 1. The minimum absolute atomic E-state index is 0.230. The van der Waals surface area contributed by atoms with Gasteiger partial charge in [-0.15, -0.1) is 0 Å². The highest BCUT2D eigenvalue weighted by Gasteiger charge is 2.52. The van der Waals surface area contributed by atoms with Gasteiger partial charge in [-0.2, -0.15) is 10.2 Å². The summed E-state index contributed by atoms with van der Waals surface area (Å²) < 4.78 is 0. The highest BCUT2D eigenvalue weighted by atomic mass is 16.2. The standard InChI is InChI=1S/C21H24N4O/c26-20(25-22-13-14-4-2-1-3-5-14)18-9-19(24-23-18)21-10-15-6-16(11-21)8-17(7-15)12-21/h1-5,9,13,15-17H,6-8,10-12H2,(H,23,24)(H,25,26). The number of aromatic amines is 1. The lowest BCUT2D eigenvalue weighted by Gasteiger charge is -2.56. The van der Waals surface area contributed by atoms with E-state index in [1.54, 1.807) is 6.21 Å². The summed E-state index contributed by atoms with van der Waals surface area (Å²) >= 11 is 0. The minimum Gasteiger partial charge on any atom is -0.281 e. The number of carbonyl (C=O) groups excluding carboxylic acids is 1. The third-order valence-electron chi connectivity index (χ3n) is 6.60. The second-order valence-electron chi connectivity index (χ2n) is 8.47. The first-order valence-corrected chi connectivity index (χ1v) is 9.64. The Morgan fingerprint density at radius 2 is 1.77 bits per heavy atom. The second-order valence-corrected chi connectivity index (χ2v) is 8.47. The predicted molar refractivity (Wildman–Crippen MR) is 99.9 cm³/mol. The summed E-state index contributed by atoms with van der Waals surface area (Å²) in [6, 6.07) is 11.7. The number of nitrogens with one attached hydrogen (secondary N) is 2. The van der Waals surface area contributed by atoms with Crippen LogP contribution in [0.25, 0.3) is 0 Å². The summed E-state index contributed by atoms with van der Waals surface area (Å²) in [6.07, 6.45) is 9.65. The molecule has 4 aliphatic rings. The van der Waals surface area contributed by atoms with E-state index in [4.69, 9.17) is 0 Å². The Hall–Kier alpha value is -2.43. The number of H-pyrrole nitrogens is 1. The Morgan fingerprint density at radius 3 is 2.42 bits per heavy atom. The number of amides is 1. The van der Waals surface area contributed by atoms with E-state index in [0.29, 0.717) is 5.69 Å². The van der Waals surface area contributed by atoms with Crippen LogP contribution in [0.2, 0.25) is 0 Å². The second kappa shape index (κ2) is 6.08. The topological polar surface area (TPSA) is 70.1 Å². The lowest BCUT2D eigenvalue weighted by atomic mass is 9.49. The van der Waals surface area contributed by atoms with Gasteiger partial charge in [0.15, 0.2) is 5.69 Å². The number of hydrogen-bond donors (Lipinski definition) is 2. The van der Waals surface area contributed by atoms with E-state index in [2.05, 4.69) is 20.7 Å². The number of aromatic nitrogens is 2. The number of rotatable bonds is 4. The molecule has 0 saturated heterocycles. The first-order chi connectivity index (χ1) is 12.7. The molecule has 0 unspecified atom stereocenters. The zero-order valence-electron chi connectivity index (χ0n) is 14.8. The fourth-order valence-corrected chi connectivity index (χ4v) is 5.91. The van der Waals surface area contributed by atoms with Crippen molar-refractivity contribution in [2.45, 2.75) is 43.9 Å². The molecule has 4 saturated carbocycles. The number of carbonyl (C=O) groups is 1. The maximum atomic E-state index is 12.4. The molecule has 4 aliphatic carbocycles. The van der Waals surface area contributed by atoms with Crippen LogP contribution in [0.4, 0.5) is 0 Å². The van der Waals surface area contributed by atoms with Gasteiger partial charge in [-0.3, -0.25) is 9.89 Å². The first-order valence-electron chi connectivity index (χ1n) is 9.64. The smallest absolute Gasteiger partial charge is 0.281 e. The normalized spacial score (nSPS) is 32.2. The van der Waals surface area contributed by atoms with Crippen LogP contribution in [0.3, 0.4) is 0 Å². The number of hydrogen-bond acceptors (Lipinski definition) is 3. The summed E-state index contributed by atoms with van der Waals surface area (Å²) in [7, 11) is 0. The zero-order chi connectivity index (χ0) is 17.6. The van der Waals surface area contributed by atoms with Crippen LogP contribution in [0.5, 0.6) is 0 Å². The van der Waals surface area contributed by atoms with Crippen molar-refractivity contribution in [3.63, 3.8) is 0 Å². The molecule has 0 spiro atoms. The fourth-order valence-electron chi connectivity index (χ4n) is 5.91. The zero-order valence-corrected chi connectivity index (χ0v) is 14.8. The van der Waals surface area contributed by atoms with Gasteiger partial charge in [0.25, 0.3) is 5.91 Å². The van der Waals surface area contributed by atoms with E-state index in [1.165, 1.54) is 38.5 Å². The molecule has 2 N–H and O–H groups in total. The monoisotopic (exact) mass is 348 g/mol. The molecular formula is C21H24N4O. The summed E-state index contributed by atoms with van der Waals surface area (Å²) in [6.45, 7) is 0. The molecule has 5 heteroatoms. The van der Waals surface area contributed by atoms with E-state index < -0.39 is 0 Å². The maximum Gasteiger partial charge on any atom is 0.291 e. The van der Waals surface area contributed by atoms with E-state index >= 15 is 0 Å². The van der Waals surface area contributed by atoms with Crippen molar-refractivity contribution in [2.24, 2.45) is 22.9 Å². The largest absolute Gasteiger partial charge is 0.291 e. The number of nitrogens with zero attached hydrogens (tertiary/aromatic N) is 2. The number of hydrazone groups is 1. The molecule has 0 atom stereocenters. The van der Waals surface area contributed by atoms with Crippen molar-refractivity contribution in [1.29, 1.82) is 0 Å². The molecule has 26 heavy (non-hydrogen) atoms. The SMILES string of the molecule is O=C(NN=Cc1ccccc1)c1cc(C23CC4CC(CC(C4)C2)C3)[nH]n1. The van der Waals surface area contributed by atoms with Crippen LogP contribution >= 0.6 is 0 Å². The molecule has 5 nitrogen and oxygen atoms in total. The minimum atomic E-state index is -0.260. The Labute approximate surface area is 153 Å². The van der Waals surface area contributed by atoms with Crippen molar-refractivity contribution in [2.75, 3.05) is 0 Å². The quantitative estimate of drug-likeness (QED) is 0.654. The van der Waals surface area contributed by atoms with Crippen LogP contribution in [0.1, 0.15) is 60.3 Å². The molecule has 1 aromatic carbocycles. The molecule has 4 bridgehead atoms. The Morgan fingerprint density at radius 1 is 1.12 bits per heavy atom. The van der Waals surface area contributed by atoms with Crippen LogP contribution in [-0.2, 0) is 5.41 Å². The van der Waals surface area contributed by atoms with Crippen LogP contribution in [-0.4, -0.2) is 22.3 Å². The summed E-state index contributed by atoms with van der Waals surface area (Å²) in [4.78, 5) is 12.4. The molecule has 1 amide bonds. The van der Waals surface area contributed by atoms with Crippen molar-refractivity contribution >= 4 is 12.1 Å². The average molecular weight is 348 g/mol. The maximum absolute atomic E-state index is 12.4. The van der Waals surface area contributed by atoms with Crippen LogP contribution < -0.4 is 5.43 Å². The third-order valence-corrected chi connectivity index (χ3v) is 6.60. The van der Waals surface area contributed by atoms with Gasteiger partial charge in [-0.1, -0.05) is 30.3 Å². The lowest BCUT2D eigenvalue weighted by molar-refractivity contribution is -0.00721. The van der Waals surface area contributed by atoms with Crippen LogP contribution in [0.15, 0.2) is 41.5 Å². The first kappa shape index (κ1) is 15.8.